The summed E-state index contributed by atoms with van der Waals surface area (Å²) in [5.41, 5.74) is 1.12. The van der Waals surface area contributed by atoms with E-state index in [2.05, 4.69) is 5.32 Å². The van der Waals surface area contributed by atoms with Crippen LogP contribution in [0.3, 0.4) is 0 Å². The summed E-state index contributed by atoms with van der Waals surface area (Å²) in [6, 6.07) is 6.49. The molecule has 0 aromatic heterocycles. The fourth-order valence-corrected chi connectivity index (χ4v) is 1.43. The van der Waals surface area contributed by atoms with Crippen LogP contribution in [0.25, 0.3) is 0 Å². The molecule has 18 heavy (non-hydrogen) atoms. The van der Waals surface area contributed by atoms with Crippen LogP contribution in [0.2, 0.25) is 0 Å². The lowest BCUT2D eigenvalue weighted by molar-refractivity contribution is -0.384. The number of benzene rings is 1. The number of rotatable bonds is 9. The molecule has 0 saturated heterocycles. The lowest BCUT2D eigenvalue weighted by Gasteiger charge is -2.05. The van der Waals surface area contributed by atoms with Gasteiger partial charge in [-0.25, -0.2) is 0 Å². The van der Waals surface area contributed by atoms with E-state index in [-0.39, 0.29) is 12.3 Å². The van der Waals surface area contributed by atoms with Crippen molar-refractivity contribution in [2.75, 3.05) is 26.4 Å². The van der Waals surface area contributed by atoms with E-state index in [4.69, 9.17) is 9.84 Å². The van der Waals surface area contributed by atoms with Crippen LogP contribution in [-0.4, -0.2) is 36.4 Å². The van der Waals surface area contributed by atoms with Gasteiger partial charge in [0.25, 0.3) is 5.69 Å². The number of hydrogen-bond acceptors (Lipinski definition) is 5. The largest absolute Gasteiger partial charge is 0.394 e. The van der Waals surface area contributed by atoms with Crippen LogP contribution in [0.15, 0.2) is 24.3 Å². The van der Waals surface area contributed by atoms with Gasteiger partial charge in [-0.05, 0) is 18.5 Å². The third kappa shape index (κ3) is 5.72. The molecule has 0 fully saturated rings. The summed E-state index contributed by atoms with van der Waals surface area (Å²) in [5, 5.41) is 22.2. The summed E-state index contributed by atoms with van der Waals surface area (Å²) < 4.78 is 5.11. The van der Waals surface area contributed by atoms with Gasteiger partial charge in [0.2, 0.25) is 0 Å². The van der Waals surface area contributed by atoms with Crippen LogP contribution in [0, 0.1) is 10.1 Å². The fraction of sp³-hybridized carbons (Fsp3) is 0.500. The monoisotopic (exact) mass is 254 g/mol. The van der Waals surface area contributed by atoms with Crippen LogP contribution < -0.4 is 5.32 Å². The topological polar surface area (TPSA) is 84.6 Å². The lowest BCUT2D eigenvalue weighted by Crippen LogP contribution is -2.16. The third-order valence-corrected chi connectivity index (χ3v) is 2.35. The molecule has 0 atom stereocenters. The van der Waals surface area contributed by atoms with Crippen molar-refractivity contribution in [3.8, 4) is 0 Å². The molecule has 0 aliphatic heterocycles. The summed E-state index contributed by atoms with van der Waals surface area (Å²) >= 11 is 0. The van der Waals surface area contributed by atoms with Gasteiger partial charge in [0.1, 0.15) is 0 Å². The van der Waals surface area contributed by atoms with E-state index < -0.39 is 4.92 Å². The first kappa shape index (κ1) is 14.6. The quantitative estimate of drug-likeness (QED) is 0.391. The minimum absolute atomic E-state index is 0.0518. The van der Waals surface area contributed by atoms with Crippen LogP contribution in [0.1, 0.15) is 12.0 Å². The Balaban J connectivity index is 2.14. The van der Waals surface area contributed by atoms with Crippen LogP contribution >= 0.6 is 0 Å². The zero-order valence-corrected chi connectivity index (χ0v) is 10.2. The number of non-ortho nitro benzene ring substituents is 1. The van der Waals surface area contributed by atoms with Crippen LogP contribution in [0.5, 0.6) is 0 Å². The predicted molar refractivity (Wildman–Crippen MR) is 67.3 cm³/mol. The summed E-state index contributed by atoms with van der Waals surface area (Å²) in [5.74, 6) is 0. The second kappa shape index (κ2) is 8.57. The predicted octanol–water partition coefficient (Wildman–Crippen LogP) is 1.08. The number of ether oxygens (including phenoxy) is 1. The van der Waals surface area contributed by atoms with E-state index in [1.165, 1.54) is 12.1 Å². The van der Waals surface area contributed by atoms with Gasteiger partial charge in [-0.15, -0.1) is 0 Å². The number of aliphatic hydroxyl groups is 1. The third-order valence-electron chi connectivity index (χ3n) is 2.35. The zero-order valence-electron chi connectivity index (χ0n) is 10.2. The molecule has 0 spiro atoms. The summed E-state index contributed by atoms with van der Waals surface area (Å²) in [6.07, 6.45) is 0.868. The minimum Gasteiger partial charge on any atom is -0.394 e. The Morgan fingerprint density at radius 3 is 2.61 bits per heavy atom. The van der Waals surface area contributed by atoms with Crippen molar-refractivity contribution in [1.29, 1.82) is 0 Å². The maximum atomic E-state index is 10.5. The molecule has 1 aromatic rings. The molecule has 1 rings (SSSR count). The molecule has 2 N–H and O–H groups in total. The lowest BCUT2D eigenvalue weighted by atomic mass is 10.2. The summed E-state index contributed by atoms with van der Waals surface area (Å²) in [4.78, 5) is 10.0. The Bertz CT molecular complexity index is 354. The SMILES string of the molecule is O=[N+]([O-])c1ccc(CNCCCOCCO)cc1. The number of aliphatic hydroxyl groups excluding tert-OH is 1. The Kier molecular flexibility index (Phi) is 6.93. The Morgan fingerprint density at radius 1 is 1.28 bits per heavy atom. The van der Waals surface area contributed by atoms with E-state index in [0.29, 0.717) is 19.8 Å². The zero-order chi connectivity index (χ0) is 13.2. The van der Waals surface area contributed by atoms with Gasteiger partial charge in [-0.1, -0.05) is 12.1 Å². The molecule has 0 radical (unpaired) electrons. The van der Waals surface area contributed by atoms with E-state index in [1.807, 2.05) is 0 Å². The van der Waals surface area contributed by atoms with Crippen molar-refractivity contribution in [1.82, 2.24) is 5.32 Å². The number of nitrogens with zero attached hydrogens (tertiary/aromatic N) is 1. The highest BCUT2D eigenvalue weighted by Crippen LogP contribution is 2.11. The molecular weight excluding hydrogens is 236 g/mol. The van der Waals surface area contributed by atoms with Gasteiger partial charge in [0.15, 0.2) is 0 Å². The highest BCUT2D eigenvalue weighted by molar-refractivity contribution is 5.32. The second-order valence-corrected chi connectivity index (χ2v) is 3.79. The molecule has 0 saturated carbocycles. The number of nitro groups is 1. The first-order chi connectivity index (χ1) is 8.74. The van der Waals surface area contributed by atoms with Crippen molar-refractivity contribution in [3.63, 3.8) is 0 Å². The molecule has 6 nitrogen and oxygen atoms in total. The van der Waals surface area contributed by atoms with E-state index in [0.717, 1.165) is 18.5 Å². The summed E-state index contributed by atoms with van der Waals surface area (Å²) in [6.45, 7) is 2.53. The van der Waals surface area contributed by atoms with E-state index in [9.17, 15) is 10.1 Å². The first-order valence-electron chi connectivity index (χ1n) is 5.86. The molecule has 0 heterocycles. The minimum atomic E-state index is -0.407. The average Bonchev–Trinajstić information content (AvgIpc) is 2.38. The average molecular weight is 254 g/mol. The highest BCUT2D eigenvalue weighted by Gasteiger charge is 2.03. The molecule has 0 aliphatic rings. The maximum absolute atomic E-state index is 10.5. The van der Waals surface area contributed by atoms with Crippen molar-refractivity contribution >= 4 is 5.69 Å². The Labute approximate surface area is 106 Å². The molecule has 1 aromatic carbocycles. The van der Waals surface area contributed by atoms with Crippen LogP contribution in [-0.2, 0) is 11.3 Å². The molecule has 0 amide bonds. The van der Waals surface area contributed by atoms with Gasteiger partial charge >= 0.3 is 0 Å². The van der Waals surface area contributed by atoms with E-state index in [1.54, 1.807) is 12.1 Å². The van der Waals surface area contributed by atoms with Crippen molar-refractivity contribution in [2.24, 2.45) is 0 Å². The van der Waals surface area contributed by atoms with Gasteiger partial charge in [0, 0.05) is 25.3 Å². The number of nitrogens with one attached hydrogen (secondary N) is 1. The second-order valence-electron chi connectivity index (χ2n) is 3.79. The molecule has 0 aliphatic carbocycles. The van der Waals surface area contributed by atoms with Crippen molar-refractivity contribution < 1.29 is 14.8 Å². The molecule has 0 unspecified atom stereocenters. The maximum Gasteiger partial charge on any atom is 0.269 e. The normalized spacial score (nSPS) is 10.5. The van der Waals surface area contributed by atoms with Crippen molar-refractivity contribution in [3.05, 3.63) is 39.9 Å². The smallest absolute Gasteiger partial charge is 0.269 e. The molecule has 6 heteroatoms. The molecule has 0 bridgehead atoms. The van der Waals surface area contributed by atoms with Gasteiger partial charge in [-0.3, -0.25) is 10.1 Å². The van der Waals surface area contributed by atoms with Gasteiger partial charge in [0.05, 0.1) is 18.1 Å². The number of nitro benzene ring substituents is 1. The summed E-state index contributed by atoms with van der Waals surface area (Å²) in [7, 11) is 0. The van der Waals surface area contributed by atoms with Crippen molar-refractivity contribution in [2.45, 2.75) is 13.0 Å². The molecular formula is C12H18N2O4. The first-order valence-corrected chi connectivity index (χ1v) is 5.86. The standard InChI is InChI=1S/C12H18N2O4/c15-7-9-18-8-1-6-13-10-11-2-4-12(5-3-11)14(16)17/h2-5,13,15H,1,6-10H2. The van der Waals surface area contributed by atoms with Gasteiger partial charge in [-0.2, -0.15) is 0 Å². The van der Waals surface area contributed by atoms with E-state index >= 15 is 0 Å². The van der Waals surface area contributed by atoms with Gasteiger partial charge < -0.3 is 15.2 Å². The Hall–Kier alpha value is -1.50. The Morgan fingerprint density at radius 2 is 2.00 bits per heavy atom. The fourth-order valence-electron chi connectivity index (χ4n) is 1.43. The highest BCUT2D eigenvalue weighted by atomic mass is 16.6. The molecule has 100 valence electrons. The number of hydrogen-bond donors (Lipinski definition) is 2. The van der Waals surface area contributed by atoms with Crippen LogP contribution in [0.4, 0.5) is 5.69 Å².